The maximum atomic E-state index is 12.8. The molecule has 1 unspecified atom stereocenters. The first kappa shape index (κ1) is 14.1. The molecule has 0 aliphatic carbocycles. The summed E-state index contributed by atoms with van der Waals surface area (Å²) in [5.41, 5.74) is 6.16. The van der Waals surface area contributed by atoms with Gasteiger partial charge in [0.2, 0.25) is 0 Å². The highest BCUT2D eigenvalue weighted by Gasteiger charge is 2.11. The number of phenolic OH excluding ortho intramolecular Hbond substituents is 1. The summed E-state index contributed by atoms with van der Waals surface area (Å²) < 4.78 is 25.5. The monoisotopic (exact) mass is 237 g/mol. The molecule has 0 bridgehead atoms. The van der Waals surface area contributed by atoms with Crippen LogP contribution in [0.25, 0.3) is 0 Å². The molecule has 0 spiro atoms. The number of rotatable bonds is 3. The van der Waals surface area contributed by atoms with E-state index < -0.39 is 17.4 Å². The second-order valence-electron chi connectivity index (χ2n) is 3.28. The zero-order valence-electron chi connectivity index (χ0n) is 8.34. The quantitative estimate of drug-likeness (QED) is 0.848. The van der Waals surface area contributed by atoms with Crippen LogP contribution in [0.15, 0.2) is 12.1 Å². The molecule has 5 heteroatoms. The van der Waals surface area contributed by atoms with Crippen LogP contribution in [0, 0.1) is 11.6 Å². The minimum Gasteiger partial charge on any atom is -0.505 e. The van der Waals surface area contributed by atoms with Crippen LogP contribution in [-0.2, 0) is 6.42 Å². The molecule has 1 atom stereocenters. The summed E-state index contributed by atoms with van der Waals surface area (Å²) in [7, 11) is 0. The van der Waals surface area contributed by atoms with E-state index in [4.69, 9.17) is 10.8 Å². The van der Waals surface area contributed by atoms with Crippen molar-refractivity contribution < 1.29 is 13.9 Å². The standard InChI is InChI=1S/C10H13F2NO.ClH/c1-2-7(13)3-6-4-8(11)10(12)9(14)5-6;/h4-5,7,14H,2-3,13H2,1H3;1H. The van der Waals surface area contributed by atoms with Crippen LogP contribution in [-0.4, -0.2) is 11.1 Å². The molecule has 0 saturated heterocycles. The first-order valence-electron chi connectivity index (χ1n) is 4.47. The lowest BCUT2D eigenvalue weighted by Gasteiger charge is -2.09. The lowest BCUT2D eigenvalue weighted by molar-refractivity contribution is 0.405. The molecule has 1 aromatic rings. The molecule has 3 N–H and O–H groups in total. The van der Waals surface area contributed by atoms with Gasteiger partial charge in [0.05, 0.1) is 0 Å². The molecule has 1 rings (SSSR count). The molecule has 0 heterocycles. The van der Waals surface area contributed by atoms with Gasteiger partial charge in [0.1, 0.15) is 0 Å². The van der Waals surface area contributed by atoms with Gasteiger partial charge in [-0.2, -0.15) is 4.39 Å². The van der Waals surface area contributed by atoms with Crippen molar-refractivity contribution in [1.29, 1.82) is 0 Å². The van der Waals surface area contributed by atoms with E-state index in [1.54, 1.807) is 0 Å². The summed E-state index contributed by atoms with van der Waals surface area (Å²) in [6.07, 6.45) is 1.18. The van der Waals surface area contributed by atoms with E-state index in [2.05, 4.69) is 0 Å². The van der Waals surface area contributed by atoms with E-state index in [0.29, 0.717) is 12.0 Å². The Bertz CT molecular complexity index is 310. The minimum atomic E-state index is -1.21. The molecule has 86 valence electrons. The molecule has 2 nitrogen and oxygen atoms in total. The summed E-state index contributed by atoms with van der Waals surface area (Å²) in [6, 6.07) is 2.16. The van der Waals surface area contributed by atoms with Crippen molar-refractivity contribution in [1.82, 2.24) is 0 Å². The van der Waals surface area contributed by atoms with Crippen molar-refractivity contribution in [2.24, 2.45) is 5.73 Å². The van der Waals surface area contributed by atoms with Crippen LogP contribution >= 0.6 is 12.4 Å². The van der Waals surface area contributed by atoms with Gasteiger partial charge in [0.25, 0.3) is 0 Å². The summed E-state index contributed by atoms with van der Waals surface area (Å²) in [4.78, 5) is 0. The molecule has 0 aliphatic rings. The Kier molecular flexibility index (Phi) is 5.54. The predicted octanol–water partition coefficient (Wildman–Crippen LogP) is 2.37. The highest BCUT2D eigenvalue weighted by atomic mass is 35.5. The van der Waals surface area contributed by atoms with Crippen LogP contribution in [0.5, 0.6) is 5.75 Å². The number of aromatic hydroxyl groups is 1. The van der Waals surface area contributed by atoms with Gasteiger partial charge in [-0.3, -0.25) is 0 Å². The van der Waals surface area contributed by atoms with Crippen LogP contribution in [0.4, 0.5) is 8.78 Å². The Labute approximate surface area is 93.5 Å². The first-order chi connectivity index (χ1) is 6.54. The predicted molar refractivity (Wildman–Crippen MR) is 57.2 cm³/mol. The second-order valence-corrected chi connectivity index (χ2v) is 3.28. The third-order valence-corrected chi connectivity index (χ3v) is 2.09. The Morgan fingerprint density at radius 1 is 1.40 bits per heavy atom. The minimum absolute atomic E-state index is 0. The van der Waals surface area contributed by atoms with Crippen molar-refractivity contribution in [3.63, 3.8) is 0 Å². The summed E-state index contributed by atoms with van der Waals surface area (Å²) in [6.45, 7) is 1.91. The van der Waals surface area contributed by atoms with Gasteiger partial charge in [-0.25, -0.2) is 4.39 Å². The van der Waals surface area contributed by atoms with E-state index in [9.17, 15) is 8.78 Å². The topological polar surface area (TPSA) is 46.2 Å². The van der Waals surface area contributed by atoms with Crippen molar-refractivity contribution in [2.45, 2.75) is 25.8 Å². The van der Waals surface area contributed by atoms with Crippen molar-refractivity contribution in [2.75, 3.05) is 0 Å². The number of phenols is 1. The van der Waals surface area contributed by atoms with Crippen LogP contribution in [0.3, 0.4) is 0 Å². The Hall–Kier alpha value is -0.870. The van der Waals surface area contributed by atoms with Gasteiger partial charge in [-0.15, -0.1) is 12.4 Å². The van der Waals surface area contributed by atoms with E-state index in [0.717, 1.165) is 12.5 Å². The molecule has 0 saturated carbocycles. The van der Waals surface area contributed by atoms with Gasteiger partial charge in [0, 0.05) is 6.04 Å². The van der Waals surface area contributed by atoms with Gasteiger partial charge >= 0.3 is 0 Å². The molecule has 15 heavy (non-hydrogen) atoms. The van der Waals surface area contributed by atoms with Crippen molar-refractivity contribution in [3.8, 4) is 5.75 Å². The van der Waals surface area contributed by atoms with Crippen molar-refractivity contribution in [3.05, 3.63) is 29.3 Å². The zero-order chi connectivity index (χ0) is 10.7. The number of nitrogens with two attached hydrogens (primary N) is 1. The fourth-order valence-corrected chi connectivity index (χ4v) is 1.19. The lowest BCUT2D eigenvalue weighted by Crippen LogP contribution is -2.21. The smallest absolute Gasteiger partial charge is 0.200 e. The van der Waals surface area contributed by atoms with Crippen molar-refractivity contribution >= 4 is 12.4 Å². The highest BCUT2D eigenvalue weighted by Crippen LogP contribution is 2.21. The fraction of sp³-hybridized carbons (Fsp3) is 0.400. The van der Waals surface area contributed by atoms with E-state index in [-0.39, 0.29) is 18.4 Å². The maximum Gasteiger partial charge on any atom is 0.200 e. The van der Waals surface area contributed by atoms with Gasteiger partial charge in [-0.1, -0.05) is 6.92 Å². The molecule has 0 fully saturated rings. The van der Waals surface area contributed by atoms with Crippen LogP contribution in [0.2, 0.25) is 0 Å². The highest BCUT2D eigenvalue weighted by molar-refractivity contribution is 5.85. The summed E-state index contributed by atoms with van der Waals surface area (Å²) in [5, 5.41) is 9.01. The maximum absolute atomic E-state index is 12.8. The average molecular weight is 238 g/mol. The Morgan fingerprint density at radius 3 is 2.47 bits per heavy atom. The van der Waals surface area contributed by atoms with E-state index in [1.807, 2.05) is 6.92 Å². The molecular formula is C10H14ClF2NO. The van der Waals surface area contributed by atoms with E-state index in [1.165, 1.54) is 6.07 Å². The summed E-state index contributed by atoms with van der Waals surface area (Å²) in [5.74, 6) is -2.91. The van der Waals surface area contributed by atoms with Crippen LogP contribution < -0.4 is 5.73 Å². The summed E-state index contributed by atoms with van der Waals surface area (Å²) >= 11 is 0. The number of halogens is 3. The molecule has 1 aromatic carbocycles. The Balaban J connectivity index is 0.00000196. The normalized spacial score (nSPS) is 12.0. The fourth-order valence-electron chi connectivity index (χ4n) is 1.19. The Morgan fingerprint density at radius 2 is 2.00 bits per heavy atom. The number of hydrogen-bond donors (Lipinski definition) is 2. The molecule has 0 amide bonds. The zero-order valence-corrected chi connectivity index (χ0v) is 9.15. The number of benzene rings is 1. The number of hydrogen-bond acceptors (Lipinski definition) is 2. The van der Waals surface area contributed by atoms with Gasteiger partial charge in [-0.05, 0) is 30.5 Å². The van der Waals surface area contributed by atoms with Gasteiger partial charge < -0.3 is 10.8 Å². The average Bonchev–Trinajstić information content (AvgIpc) is 2.14. The van der Waals surface area contributed by atoms with Gasteiger partial charge in [0.15, 0.2) is 17.4 Å². The SMILES string of the molecule is CCC(N)Cc1cc(O)c(F)c(F)c1.Cl. The van der Waals surface area contributed by atoms with E-state index >= 15 is 0 Å². The third kappa shape index (κ3) is 3.64. The second kappa shape index (κ2) is 5.88. The molecule has 0 aliphatic heterocycles. The lowest BCUT2D eigenvalue weighted by atomic mass is 10.0. The first-order valence-corrected chi connectivity index (χ1v) is 4.47. The molecular weight excluding hydrogens is 224 g/mol. The van der Waals surface area contributed by atoms with Crippen LogP contribution in [0.1, 0.15) is 18.9 Å². The largest absolute Gasteiger partial charge is 0.505 e. The molecule has 0 aromatic heterocycles. The third-order valence-electron chi connectivity index (χ3n) is 2.09. The molecule has 0 radical (unpaired) electrons.